The maximum absolute atomic E-state index is 12.5. The van der Waals surface area contributed by atoms with Gasteiger partial charge in [0.25, 0.3) is 5.91 Å². The molecule has 3 aromatic rings. The highest BCUT2D eigenvalue weighted by Crippen LogP contribution is 2.28. The second kappa shape index (κ2) is 8.19. The number of imidazole rings is 1. The van der Waals surface area contributed by atoms with Gasteiger partial charge in [-0.2, -0.15) is 0 Å². The molecule has 0 saturated heterocycles. The van der Waals surface area contributed by atoms with Crippen LogP contribution in [0.25, 0.3) is 11.0 Å². The van der Waals surface area contributed by atoms with Gasteiger partial charge in [0.05, 0.1) is 27.0 Å². The fraction of sp³-hybridized carbons (Fsp3) is 0.222. The van der Waals surface area contributed by atoms with Crippen molar-refractivity contribution in [2.45, 2.75) is 6.54 Å². The highest BCUT2D eigenvalue weighted by molar-refractivity contribution is 14.0. The molecule has 0 aliphatic heterocycles. The molecule has 3 rings (SSSR count). The number of hydrogen-bond acceptors (Lipinski definition) is 3. The molecule has 1 heterocycles. The predicted molar refractivity (Wildman–Crippen MR) is 107 cm³/mol. The molecule has 2 aromatic carbocycles. The molecule has 0 saturated carbocycles. The lowest BCUT2D eigenvalue weighted by molar-refractivity contribution is -0.645. The summed E-state index contributed by atoms with van der Waals surface area (Å²) in [6.07, 6.45) is 1.91. The Kier molecular flexibility index (Phi) is 6.24. The zero-order valence-corrected chi connectivity index (χ0v) is 16.7. The van der Waals surface area contributed by atoms with Gasteiger partial charge in [-0.15, -0.1) is 24.0 Å². The van der Waals surface area contributed by atoms with Crippen LogP contribution in [0.4, 0.5) is 5.69 Å². The Hall–Kier alpha value is -2.29. The third kappa shape index (κ3) is 4.04. The highest BCUT2D eigenvalue weighted by atomic mass is 127. The lowest BCUT2D eigenvalue weighted by atomic mass is 10.2. The predicted octanol–water partition coefficient (Wildman–Crippen LogP) is 2.74. The summed E-state index contributed by atoms with van der Waals surface area (Å²) in [7, 11) is 5.11. The van der Waals surface area contributed by atoms with Gasteiger partial charge in [0.1, 0.15) is 11.5 Å². The van der Waals surface area contributed by atoms with E-state index in [9.17, 15) is 4.79 Å². The van der Waals surface area contributed by atoms with Gasteiger partial charge in [-0.3, -0.25) is 4.79 Å². The second-order valence-electron chi connectivity index (χ2n) is 5.46. The smallest absolute Gasteiger partial charge is 0.266 e. The number of methoxy groups -OCH3 is 2. The maximum atomic E-state index is 12.5. The molecule has 0 spiro atoms. The minimum Gasteiger partial charge on any atom is -0.497 e. The average Bonchev–Trinajstić information content (AvgIpc) is 2.91. The number of nitrogens with one attached hydrogen (secondary N) is 1. The fourth-order valence-corrected chi connectivity index (χ4v) is 2.72. The van der Waals surface area contributed by atoms with Crippen molar-refractivity contribution in [3.05, 3.63) is 48.8 Å². The van der Waals surface area contributed by atoms with Crippen LogP contribution in [-0.2, 0) is 18.4 Å². The molecule has 1 amide bonds. The Labute approximate surface area is 163 Å². The molecule has 25 heavy (non-hydrogen) atoms. The van der Waals surface area contributed by atoms with Gasteiger partial charge in [0.15, 0.2) is 17.6 Å². The molecule has 0 fully saturated rings. The summed E-state index contributed by atoms with van der Waals surface area (Å²) in [5.41, 5.74) is 2.67. The first kappa shape index (κ1) is 19.0. The molecule has 6 nitrogen and oxygen atoms in total. The van der Waals surface area contributed by atoms with Gasteiger partial charge >= 0.3 is 0 Å². The molecule has 1 N–H and O–H groups in total. The van der Waals surface area contributed by atoms with Gasteiger partial charge in [-0.1, -0.05) is 12.1 Å². The number of nitrogens with zero attached hydrogens (tertiary/aromatic N) is 2. The number of aromatic nitrogens is 2. The number of carbonyl (C=O) groups is 1. The summed E-state index contributed by atoms with van der Waals surface area (Å²) in [4.78, 5) is 12.5. The fourth-order valence-electron chi connectivity index (χ4n) is 2.72. The van der Waals surface area contributed by atoms with Crippen LogP contribution in [-0.4, -0.2) is 24.7 Å². The van der Waals surface area contributed by atoms with Crippen LogP contribution in [0.5, 0.6) is 11.5 Å². The number of hydrogen-bond donors (Lipinski definition) is 1. The van der Waals surface area contributed by atoms with Gasteiger partial charge in [-0.25, -0.2) is 9.13 Å². The van der Waals surface area contributed by atoms with Gasteiger partial charge in [-0.05, 0) is 24.3 Å². The molecule has 0 aliphatic rings. The summed E-state index contributed by atoms with van der Waals surface area (Å²) in [5, 5.41) is 2.88. The third-order valence-electron chi connectivity index (χ3n) is 3.88. The van der Waals surface area contributed by atoms with Crippen LogP contribution >= 0.6 is 24.0 Å². The van der Waals surface area contributed by atoms with Crippen molar-refractivity contribution in [3.63, 3.8) is 0 Å². The van der Waals surface area contributed by atoms with Gasteiger partial charge < -0.3 is 14.8 Å². The summed E-state index contributed by atoms with van der Waals surface area (Å²) in [5.74, 6) is 1.11. The minimum absolute atomic E-state index is 0. The average molecular weight is 454 g/mol. The number of carbonyl (C=O) groups excluding carboxylic acids is 1. The van der Waals surface area contributed by atoms with E-state index in [1.54, 1.807) is 32.4 Å². The third-order valence-corrected chi connectivity index (χ3v) is 3.88. The summed E-state index contributed by atoms with van der Waals surface area (Å²) in [6, 6.07) is 13.2. The number of aryl methyl sites for hydroxylation is 1. The minimum atomic E-state index is -0.136. The normalized spacial score (nSPS) is 10.2. The number of para-hydroxylation sites is 2. The van der Waals surface area contributed by atoms with Crippen molar-refractivity contribution < 1.29 is 18.8 Å². The summed E-state index contributed by atoms with van der Waals surface area (Å²) < 4.78 is 14.4. The van der Waals surface area contributed by atoms with Crippen molar-refractivity contribution in [2.75, 3.05) is 19.5 Å². The van der Waals surface area contributed by atoms with Crippen molar-refractivity contribution >= 4 is 46.6 Å². The monoisotopic (exact) mass is 454 g/mol. The molecule has 0 atom stereocenters. The van der Waals surface area contributed by atoms with E-state index in [4.69, 9.17) is 9.47 Å². The largest absolute Gasteiger partial charge is 0.497 e. The first-order valence-electron chi connectivity index (χ1n) is 7.57. The van der Waals surface area contributed by atoms with Crippen LogP contribution in [0.15, 0.2) is 48.8 Å². The topological polar surface area (TPSA) is 56.4 Å². The SMILES string of the molecule is COc1ccc(OC)c(NC(=O)Cn2c[n+](C)c3ccccc32)c1.I. The summed E-state index contributed by atoms with van der Waals surface area (Å²) >= 11 is 0. The van der Waals surface area contributed by atoms with Crippen molar-refractivity contribution in [1.29, 1.82) is 0 Å². The van der Waals surface area contributed by atoms with Crippen molar-refractivity contribution in [3.8, 4) is 11.5 Å². The number of ether oxygens (including phenoxy) is 2. The number of rotatable bonds is 5. The molecule has 132 valence electrons. The number of amides is 1. The molecular weight excluding hydrogens is 433 g/mol. The first-order chi connectivity index (χ1) is 11.6. The van der Waals surface area contributed by atoms with E-state index in [0.717, 1.165) is 11.0 Å². The van der Waals surface area contributed by atoms with E-state index < -0.39 is 0 Å². The quantitative estimate of drug-likeness (QED) is 0.477. The Morgan fingerprint density at radius 2 is 1.92 bits per heavy atom. The standard InChI is InChI=1S/C18H19N3O3.HI/c1-20-12-21(16-7-5-4-6-15(16)20)11-18(22)19-14-10-13(23-2)8-9-17(14)24-3;/h4-10,12H,11H2,1-3H3;1H/p+1. The Bertz CT molecular complexity index is 892. The molecule has 1 aromatic heterocycles. The molecule has 0 unspecified atom stereocenters. The Morgan fingerprint density at radius 3 is 2.64 bits per heavy atom. The Balaban J connectivity index is 0.00000225. The molecule has 7 heteroatoms. The van der Waals surface area contributed by atoms with Crippen LogP contribution in [0.1, 0.15) is 0 Å². The van der Waals surface area contributed by atoms with Crippen molar-refractivity contribution in [2.24, 2.45) is 7.05 Å². The van der Waals surface area contributed by atoms with E-state index in [1.165, 1.54) is 0 Å². The molecular formula is C18H21IN3O3+. The maximum Gasteiger partial charge on any atom is 0.266 e. The highest BCUT2D eigenvalue weighted by Gasteiger charge is 2.17. The summed E-state index contributed by atoms with van der Waals surface area (Å²) in [6.45, 7) is 0.210. The number of halogens is 1. The lowest BCUT2D eigenvalue weighted by Crippen LogP contribution is -2.26. The molecule has 0 bridgehead atoms. The molecule has 0 radical (unpaired) electrons. The first-order valence-corrected chi connectivity index (χ1v) is 7.57. The number of benzene rings is 2. The van der Waals surface area contributed by atoms with Crippen LogP contribution in [0, 0.1) is 0 Å². The van der Waals surface area contributed by atoms with E-state index in [-0.39, 0.29) is 36.4 Å². The lowest BCUT2D eigenvalue weighted by Gasteiger charge is -2.11. The zero-order valence-electron chi connectivity index (χ0n) is 14.4. The van der Waals surface area contributed by atoms with Gasteiger partial charge in [0, 0.05) is 6.07 Å². The van der Waals surface area contributed by atoms with Crippen LogP contribution < -0.4 is 19.4 Å². The Morgan fingerprint density at radius 1 is 1.16 bits per heavy atom. The number of fused-ring (bicyclic) bond motifs is 1. The zero-order chi connectivity index (χ0) is 17.1. The van der Waals surface area contributed by atoms with E-state index in [1.807, 2.05) is 46.8 Å². The number of anilines is 1. The van der Waals surface area contributed by atoms with Crippen LogP contribution in [0.2, 0.25) is 0 Å². The van der Waals surface area contributed by atoms with E-state index in [0.29, 0.717) is 17.2 Å². The molecule has 0 aliphatic carbocycles. The van der Waals surface area contributed by atoms with E-state index >= 15 is 0 Å². The van der Waals surface area contributed by atoms with Crippen molar-refractivity contribution in [1.82, 2.24) is 4.57 Å². The van der Waals surface area contributed by atoms with E-state index in [2.05, 4.69) is 5.32 Å². The second-order valence-corrected chi connectivity index (χ2v) is 5.46. The van der Waals surface area contributed by atoms with Gasteiger partial charge in [0.2, 0.25) is 6.33 Å². The van der Waals surface area contributed by atoms with Crippen LogP contribution in [0.3, 0.4) is 0 Å².